The third kappa shape index (κ3) is 5.71. The van der Waals surface area contributed by atoms with Crippen LogP contribution in [0.1, 0.15) is 32.6 Å². The van der Waals surface area contributed by atoms with E-state index in [0.717, 1.165) is 17.2 Å². The van der Waals surface area contributed by atoms with Gasteiger partial charge < -0.3 is 9.47 Å². The van der Waals surface area contributed by atoms with E-state index in [4.69, 9.17) is 14.7 Å². The van der Waals surface area contributed by atoms with Gasteiger partial charge in [0.05, 0.1) is 35.0 Å². The van der Waals surface area contributed by atoms with Crippen molar-refractivity contribution >= 4 is 28.1 Å². The number of hydrogen-bond acceptors (Lipinski definition) is 5. The Morgan fingerprint density at radius 2 is 2.06 bits per heavy atom. The fourth-order valence-electron chi connectivity index (χ4n) is 2.91. The van der Waals surface area contributed by atoms with Gasteiger partial charge in [-0.15, -0.1) is 0 Å². The average molecular weight is 496 g/mol. The molecule has 1 amide bonds. The number of aryl methyl sites for hydroxylation is 1. The minimum absolute atomic E-state index is 0.129. The van der Waals surface area contributed by atoms with Crippen LogP contribution in [0.2, 0.25) is 0 Å². The molecule has 0 spiro atoms. The number of nitriles is 1. The van der Waals surface area contributed by atoms with Gasteiger partial charge in [0.1, 0.15) is 12.4 Å². The molecule has 0 aliphatic carbocycles. The van der Waals surface area contributed by atoms with Gasteiger partial charge in [-0.1, -0.05) is 29.8 Å². The summed E-state index contributed by atoms with van der Waals surface area (Å²) < 4.78 is 26.0. The Labute approximate surface area is 193 Å². The zero-order chi connectivity index (χ0) is 23.1. The number of halogens is 2. The normalized spacial score (nSPS) is 10.6. The summed E-state index contributed by atoms with van der Waals surface area (Å²) in [5.41, 5.74) is 4.99. The highest BCUT2D eigenvalue weighted by Crippen LogP contribution is 2.36. The van der Waals surface area contributed by atoms with E-state index in [9.17, 15) is 9.18 Å². The lowest BCUT2D eigenvalue weighted by Gasteiger charge is -2.14. The van der Waals surface area contributed by atoms with E-state index >= 15 is 0 Å². The van der Waals surface area contributed by atoms with E-state index in [1.54, 1.807) is 12.1 Å². The first-order valence-electron chi connectivity index (χ1n) is 9.50. The first-order valence-corrected chi connectivity index (χ1v) is 10.3. The summed E-state index contributed by atoms with van der Waals surface area (Å²) in [5, 5.41) is 12.7. The lowest BCUT2D eigenvalue weighted by Crippen LogP contribution is -2.19. The van der Waals surface area contributed by atoms with Gasteiger partial charge in [0, 0.05) is 0 Å². The van der Waals surface area contributed by atoms with Gasteiger partial charge in [0.2, 0.25) is 0 Å². The highest BCUT2D eigenvalue weighted by molar-refractivity contribution is 9.10. The molecule has 0 aromatic heterocycles. The van der Waals surface area contributed by atoms with E-state index in [0.29, 0.717) is 28.1 Å². The van der Waals surface area contributed by atoms with Crippen molar-refractivity contribution in [1.82, 2.24) is 5.43 Å². The van der Waals surface area contributed by atoms with Crippen LogP contribution in [0.25, 0.3) is 0 Å². The molecule has 0 unspecified atom stereocenters. The molecule has 1 N–H and O–H groups in total. The number of carbonyl (C=O) groups is 1. The Morgan fingerprint density at radius 3 is 2.75 bits per heavy atom. The maximum atomic E-state index is 14.0. The van der Waals surface area contributed by atoms with Crippen molar-refractivity contribution < 1.29 is 18.7 Å². The van der Waals surface area contributed by atoms with Gasteiger partial charge in [0.25, 0.3) is 5.91 Å². The fraction of sp³-hybridized carbons (Fsp3) is 0.125. The highest BCUT2D eigenvalue weighted by atomic mass is 79.9. The maximum absolute atomic E-state index is 14.0. The predicted molar refractivity (Wildman–Crippen MR) is 122 cm³/mol. The Kier molecular flexibility index (Phi) is 7.58. The number of benzene rings is 3. The number of ether oxygens (including phenoxy) is 2. The second kappa shape index (κ2) is 10.6. The van der Waals surface area contributed by atoms with E-state index in [1.165, 1.54) is 25.5 Å². The van der Waals surface area contributed by atoms with Crippen molar-refractivity contribution in [3.05, 3.63) is 92.7 Å². The van der Waals surface area contributed by atoms with Crippen LogP contribution in [0, 0.1) is 24.1 Å². The molecule has 0 saturated carbocycles. The first kappa shape index (κ1) is 23.0. The number of methoxy groups -OCH3 is 1. The summed E-state index contributed by atoms with van der Waals surface area (Å²) in [6.45, 7) is 2.39. The van der Waals surface area contributed by atoms with Crippen molar-refractivity contribution in [2.75, 3.05) is 7.11 Å². The van der Waals surface area contributed by atoms with Crippen molar-refractivity contribution in [2.45, 2.75) is 13.5 Å². The summed E-state index contributed by atoms with van der Waals surface area (Å²) in [5.74, 6) is -0.503. The van der Waals surface area contributed by atoms with E-state index in [2.05, 4.69) is 26.5 Å². The molecule has 0 saturated heterocycles. The summed E-state index contributed by atoms with van der Waals surface area (Å²) in [4.78, 5) is 12.1. The molecular formula is C24H19BrFN3O3. The zero-order valence-electron chi connectivity index (χ0n) is 17.4. The molecule has 0 aliphatic rings. The second-order valence-corrected chi connectivity index (χ2v) is 7.67. The molecule has 3 aromatic rings. The van der Waals surface area contributed by atoms with Gasteiger partial charge in [-0.25, -0.2) is 9.82 Å². The fourth-order valence-corrected chi connectivity index (χ4v) is 3.48. The number of amides is 1. The van der Waals surface area contributed by atoms with Crippen molar-refractivity contribution in [3.63, 3.8) is 0 Å². The number of nitrogens with zero attached hydrogens (tertiary/aromatic N) is 2. The van der Waals surface area contributed by atoms with E-state index in [1.807, 2.05) is 37.3 Å². The van der Waals surface area contributed by atoms with E-state index < -0.39 is 11.7 Å². The SMILES string of the molecule is COc1cc(/C=N\NC(=O)c2ccc(C#N)cc2F)cc(Br)c1OCc1cccc(C)c1. The molecule has 0 aliphatic heterocycles. The summed E-state index contributed by atoms with van der Waals surface area (Å²) in [7, 11) is 1.53. The van der Waals surface area contributed by atoms with Crippen LogP contribution in [-0.2, 0) is 6.61 Å². The molecule has 6 nitrogen and oxygen atoms in total. The lowest BCUT2D eigenvalue weighted by molar-refractivity contribution is 0.0951. The van der Waals surface area contributed by atoms with Crippen LogP contribution in [0.3, 0.4) is 0 Å². The van der Waals surface area contributed by atoms with Gasteiger partial charge in [-0.05, 0) is 64.3 Å². The number of hydrogen-bond donors (Lipinski definition) is 1. The quantitative estimate of drug-likeness (QED) is 0.364. The maximum Gasteiger partial charge on any atom is 0.274 e. The molecule has 3 aromatic carbocycles. The number of nitrogens with one attached hydrogen (secondary N) is 1. The van der Waals surface area contributed by atoms with Crippen LogP contribution in [0.5, 0.6) is 11.5 Å². The summed E-state index contributed by atoms with van der Waals surface area (Å²) in [6, 6.07) is 16.9. The molecule has 8 heteroatoms. The Balaban J connectivity index is 1.70. The van der Waals surface area contributed by atoms with Gasteiger partial charge in [-0.3, -0.25) is 4.79 Å². The third-order valence-electron chi connectivity index (χ3n) is 4.44. The molecular weight excluding hydrogens is 477 g/mol. The highest BCUT2D eigenvalue weighted by Gasteiger charge is 2.13. The summed E-state index contributed by atoms with van der Waals surface area (Å²) >= 11 is 3.48. The molecule has 0 radical (unpaired) electrons. The van der Waals surface area contributed by atoms with Crippen LogP contribution < -0.4 is 14.9 Å². The van der Waals surface area contributed by atoms with E-state index in [-0.39, 0.29) is 11.1 Å². The van der Waals surface area contributed by atoms with Crippen molar-refractivity contribution in [1.29, 1.82) is 5.26 Å². The first-order chi connectivity index (χ1) is 15.4. The lowest BCUT2D eigenvalue weighted by atomic mass is 10.1. The molecule has 0 heterocycles. The Morgan fingerprint density at radius 1 is 1.25 bits per heavy atom. The summed E-state index contributed by atoms with van der Waals surface area (Å²) in [6.07, 6.45) is 1.40. The number of carbonyl (C=O) groups excluding carboxylic acids is 1. The minimum atomic E-state index is -0.795. The van der Waals surface area contributed by atoms with Gasteiger partial charge >= 0.3 is 0 Å². The number of hydrazone groups is 1. The largest absolute Gasteiger partial charge is 0.493 e. The topological polar surface area (TPSA) is 83.7 Å². The molecule has 0 fully saturated rings. The van der Waals surface area contributed by atoms with Crippen molar-refractivity contribution in [2.24, 2.45) is 5.10 Å². The van der Waals surface area contributed by atoms with Gasteiger partial charge in [-0.2, -0.15) is 10.4 Å². The van der Waals surface area contributed by atoms with Gasteiger partial charge in [0.15, 0.2) is 11.5 Å². The predicted octanol–water partition coefficient (Wildman–Crippen LogP) is 5.12. The van der Waals surface area contributed by atoms with Crippen LogP contribution in [-0.4, -0.2) is 19.2 Å². The molecule has 32 heavy (non-hydrogen) atoms. The van der Waals surface area contributed by atoms with Crippen LogP contribution in [0.15, 0.2) is 64.2 Å². The molecule has 3 rings (SSSR count). The molecule has 0 atom stereocenters. The Bertz CT molecular complexity index is 1220. The van der Waals surface area contributed by atoms with Crippen molar-refractivity contribution in [3.8, 4) is 17.6 Å². The molecule has 162 valence electrons. The Hall–Kier alpha value is -3.70. The number of rotatable bonds is 7. The minimum Gasteiger partial charge on any atom is -0.493 e. The standard InChI is InChI=1S/C24H19BrFN3O3/c1-15-4-3-5-17(8-15)14-32-23-20(25)9-18(11-22(23)31-2)13-28-29-24(30)19-7-6-16(12-27)10-21(19)26/h3-11,13H,14H2,1-2H3,(H,29,30)/b28-13-. The van der Waals surface area contributed by atoms with Crippen LogP contribution >= 0.6 is 15.9 Å². The monoisotopic (exact) mass is 495 g/mol. The van der Waals surface area contributed by atoms with Crippen LogP contribution in [0.4, 0.5) is 4.39 Å². The zero-order valence-corrected chi connectivity index (χ0v) is 18.9. The third-order valence-corrected chi connectivity index (χ3v) is 5.03. The second-order valence-electron chi connectivity index (χ2n) is 6.82. The smallest absolute Gasteiger partial charge is 0.274 e. The molecule has 0 bridgehead atoms. The average Bonchev–Trinajstić information content (AvgIpc) is 2.77.